The topological polar surface area (TPSA) is 59.4 Å². The maximum Gasteiger partial charge on any atom is 0.254 e. The molecular formula is C15H24N4O2. The fourth-order valence-corrected chi connectivity index (χ4v) is 3.11. The van der Waals surface area contributed by atoms with E-state index in [0.717, 1.165) is 63.3 Å². The van der Waals surface area contributed by atoms with Crippen LogP contribution in [0.2, 0.25) is 0 Å². The van der Waals surface area contributed by atoms with Crippen molar-refractivity contribution in [3.05, 3.63) is 17.5 Å². The summed E-state index contributed by atoms with van der Waals surface area (Å²) in [6.45, 7) is 7.37. The van der Waals surface area contributed by atoms with Gasteiger partial charge >= 0.3 is 0 Å². The monoisotopic (exact) mass is 292 g/mol. The Hall–Kier alpha value is -1.40. The van der Waals surface area contributed by atoms with E-state index in [-0.39, 0.29) is 5.91 Å². The van der Waals surface area contributed by atoms with Crippen molar-refractivity contribution < 1.29 is 9.53 Å². The van der Waals surface area contributed by atoms with Gasteiger partial charge in [-0.1, -0.05) is 6.92 Å². The van der Waals surface area contributed by atoms with Crippen molar-refractivity contribution in [2.24, 2.45) is 0 Å². The van der Waals surface area contributed by atoms with E-state index in [1.165, 1.54) is 0 Å². The Labute approximate surface area is 125 Å². The third-order valence-corrected chi connectivity index (χ3v) is 4.37. The number of rotatable bonds is 5. The molecule has 2 aliphatic heterocycles. The number of carbonyl (C=O) groups excluding carboxylic acids is 1. The number of carbonyl (C=O) groups is 1. The fraction of sp³-hybridized carbons (Fsp3) is 0.733. The number of morpholine rings is 1. The van der Waals surface area contributed by atoms with Crippen molar-refractivity contribution in [2.75, 3.05) is 32.8 Å². The lowest BCUT2D eigenvalue weighted by atomic mass is 10.2. The summed E-state index contributed by atoms with van der Waals surface area (Å²) in [4.78, 5) is 14.6. The lowest BCUT2D eigenvalue weighted by Crippen LogP contribution is -2.45. The fourth-order valence-electron chi connectivity index (χ4n) is 3.11. The standard InChI is InChI=1S/C15H24N4O2/c1-2-12-11-18(8-9-21-12)7-5-16-15(20)13-10-17-19-6-3-4-14(13)19/h10,12H,2-9,11H2,1H3,(H,16,20). The van der Waals surface area contributed by atoms with Crippen molar-refractivity contribution in [3.63, 3.8) is 0 Å². The molecule has 6 nitrogen and oxygen atoms in total. The Bertz CT molecular complexity index is 500. The number of nitrogens with zero attached hydrogens (tertiary/aromatic N) is 3. The van der Waals surface area contributed by atoms with Crippen LogP contribution in [0.1, 0.15) is 35.8 Å². The quantitative estimate of drug-likeness (QED) is 0.866. The van der Waals surface area contributed by atoms with Gasteiger partial charge in [0.2, 0.25) is 0 Å². The molecule has 1 atom stereocenters. The summed E-state index contributed by atoms with van der Waals surface area (Å²) >= 11 is 0. The molecule has 1 fully saturated rings. The first kappa shape index (κ1) is 14.5. The van der Waals surface area contributed by atoms with Crippen LogP contribution in [-0.4, -0.2) is 59.5 Å². The number of amides is 1. The molecule has 3 heterocycles. The van der Waals surface area contributed by atoms with E-state index in [1.807, 2.05) is 4.68 Å². The molecule has 21 heavy (non-hydrogen) atoms. The van der Waals surface area contributed by atoms with Gasteiger partial charge in [-0.05, 0) is 19.3 Å². The second-order valence-corrected chi connectivity index (χ2v) is 5.79. The number of hydrogen-bond acceptors (Lipinski definition) is 4. The van der Waals surface area contributed by atoms with E-state index in [9.17, 15) is 4.79 Å². The van der Waals surface area contributed by atoms with Gasteiger partial charge in [0.05, 0.1) is 30.2 Å². The molecule has 0 aliphatic carbocycles. The van der Waals surface area contributed by atoms with Gasteiger partial charge in [-0.15, -0.1) is 0 Å². The SMILES string of the molecule is CCC1CN(CCNC(=O)c2cnn3c2CCC3)CCO1. The molecule has 1 aromatic rings. The smallest absolute Gasteiger partial charge is 0.254 e. The summed E-state index contributed by atoms with van der Waals surface area (Å²) < 4.78 is 7.60. The largest absolute Gasteiger partial charge is 0.376 e. The summed E-state index contributed by atoms with van der Waals surface area (Å²) in [5.74, 6) is 0.0125. The second-order valence-electron chi connectivity index (χ2n) is 5.79. The van der Waals surface area contributed by atoms with E-state index < -0.39 is 0 Å². The third-order valence-electron chi connectivity index (χ3n) is 4.37. The van der Waals surface area contributed by atoms with Crippen molar-refractivity contribution in [3.8, 4) is 0 Å². The maximum absolute atomic E-state index is 12.2. The summed E-state index contributed by atoms with van der Waals surface area (Å²) in [5.41, 5.74) is 1.84. The summed E-state index contributed by atoms with van der Waals surface area (Å²) in [5, 5.41) is 7.29. The maximum atomic E-state index is 12.2. The number of aryl methyl sites for hydroxylation is 1. The van der Waals surface area contributed by atoms with Gasteiger partial charge in [0.25, 0.3) is 5.91 Å². The molecule has 1 amide bonds. The molecule has 1 saturated heterocycles. The molecule has 1 unspecified atom stereocenters. The first-order valence-electron chi connectivity index (χ1n) is 7.94. The Kier molecular flexibility index (Phi) is 4.55. The van der Waals surface area contributed by atoms with Crippen LogP contribution < -0.4 is 5.32 Å². The Morgan fingerprint density at radius 3 is 3.29 bits per heavy atom. The average Bonchev–Trinajstić information content (AvgIpc) is 3.10. The molecular weight excluding hydrogens is 268 g/mol. The van der Waals surface area contributed by atoms with Crippen LogP contribution in [0.5, 0.6) is 0 Å². The van der Waals surface area contributed by atoms with Crippen molar-refractivity contribution >= 4 is 5.91 Å². The van der Waals surface area contributed by atoms with E-state index >= 15 is 0 Å². The van der Waals surface area contributed by atoms with Gasteiger partial charge < -0.3 is 10.1 Å². The van der Waals surface area contributed by atoms with Gasteiger partial charge in [-0.2, -0.15) is 5.10 Å². The third kappa shape index (κ3) is 3.27. The van der Waals surface area contributed by atoms with Crippen molar-refractivity contribution in [1.82, 2.24) is 20.0 Å². The highest BCUT2D eigenvalue weighted by Crippen LogP contribution is 2.17. The Balaban J connectivity index is 1.46. The zero-order valence-electron chi connectivity index (χ0n) is 12.7. The first-order chi connectivity index (χ1) is 10.3. The van der Waals surface area contributed by atoms with Crippen LogP contribution in [0.3, 0.4) is 0 Å². The number of hydrogen-bond donors (Lipinski definition) is 1. The molecule has 0 aromatic carbocycles. The first-order valence-corrected chi connectivity index (χ1v) is 7.94. The van der Waals surface area contributed by atoms with Gasteiger partial charge in [-0.25, -0.2) is 0 Å². The zero-order valence-corrected chi connectivity index (χ0v) is 12.7. The number of ether oxygens (including phenoxy) is 1. The highest BCUT2D eigenvalue weighted by atomic mass is 16.5. The minimum atomic E-state index is 0.0125. The summed E-state index contributed by atoms with van der Waals surface area (Å²) in [7, 11) is 0. The van der Waals surface area contributed by atoms with Gasteiger partial charge in [0.1, 0.15) is 0 Å². The van der Waals surface area contributed by atoms with Crippen LogP contribution in [0.15, 0.2) is 6.20 Å². The molecule has 1 aromatic heterocycles. The van der Waals surface area contributed by atoms with Crippen LogP contribution >= 0.6 is 0 Å². The summed E-state index contributed by atoms with van der Waals surface area (Å²) in [6.07, 6.45) is 5.14. The second kappa shape index (κ2) is 6.58. The van der Waals surface area contributed by atoms with Crippen LogP contribution in [0.4, 0.5) is 0 Å². The van der Waals surface area contributed by atoms with Gasteiger partial charge in [-0.3, -0.25) is 14.4 Å². The van der Waals surface area contributed by atoms with E-state index in [4.69, 9.17) is 4.74 Å². The zero-order chi connectivity index (χ0) is 14.7. The van der Waals surface area contributed by atoms with Crippen molar-refractivity contribution in [1.29, 1.82) is 0 Å². The molecule has 3 rings (SSSR count). The predicted molar refractivity (Wildman–Crippen MR) is 79.4 cm³/mol. The lowest BCUT2D eigenvalue weighted by molar-refractivity contribution is -0.0289. The molecule has 0 saturated carbocycles. The lowest BCUT2D eigenvalue weighted by Gasteiger charge is -2.32. The molecule has 6 heteroatoms. The Morgan fingerprint density at radius 2 is 2.43 bits per heavy atom. The minimum Gasteiger partial charge on any atom is -0.376 e. The molecule has 2 aliphatic rings. The number of nitrogens with one attached hydrogen (secondary N) is 1. The summed E-state index contributed by atoms with van der Waals surface area (Å²) in [6, 6.07) is 0. The highest BCUT2D eigenvalue weighted by Gasteiger charge is 2.22. The van der Waals surface area contributed by atoms with E-state index in [2.05, 4.69) is 22.2 Å². The minimum absolute atomic E-state index is 0.0125. The van der Waals surface area contributed by atoms with Crippen LogP contribution in [-0.2, 0) is 17.7 Å². The molecule has 1 N–H and O–H groups in total. The van der Waals surface area contributed by atoms with Crippen LogP contribution in [0.25, 0.3) is 0 Å². The van der Waals surface area contributed by atoms with Gasteiger partial charge in [0.15, 0.2) is 0 Å². The molecule has 0 radical (unpaired) electrons. The van der Waals surface area contributed by atoms with E-state index in [0.29, 0.717) is 12.6 Å². The molecule has 0 bridgehead atoms. The average molecular weight is 292 g/mol. The van der Waals surface area contributed by atoms with Gasteiger partial charge in [0, 0.05) is 32.7 Å². The molecule has 0 spiro atoms. The predicted octanol–water partition coefficient (Wildman–Crippen LogP) is 0.670. The Morgan fingerprint density at radius 1 is 1.52 bits per heavy atom. The van der Waals surface area contributed by atoms with Crippen LogP contribution in [0, 0.1) is 0 Å². The number of aromatic nitrogens is 2. The normalized spacial score (nSPS) is 22.2. The number of fused-ring (bicyclic) bond motifs is 1. The molecule has 116 valence electrons. The van der Waals surface area contributed by atoms with Crippen molar-refractivity contribution in [2.45, 2.75) is 38.8 Å². The van der Waals surface area contributed by atoms with E-state index in [1.54, 1.807) is 6.20 Å². The highest BCUT2D eigenvalue weighted by molar-refractivity contribution is 5.95.